The van der Waals surface area contributed by atoms with Crippen LogP contribution in [0.25, 0.3) is 0 Å². The van der Waals surface area contributed by atoms with Gasteiger partial charge in [-0.15, -0.1) is 0 Å². The van der Waals surface area contributed by atoms with Crippen LogP contribution in [0.4, 0.5) is 0 Å². The molecule has 0 bridgehead atoms. The Morgan fingerprint density at radius 1 is 1.04 bits per heavy atom. The Balaban J connectivity index is 1.53. The molecule has 4 rings (SSSR count). The molecule has 1 atom stereocenters. The number of para-hydroxylation sites is 1. The van der Waals surface area contributed by atoms with Crippen molar-refractivity contribution < 1.29 is 14.2 Å². The smallest absolute Gasteiger partial charge is 0.231 e. The van der Waals surface area contributed by atoms with Gasteiger partial charge < -0.3 is 19.5 Å². The predicted molar refractivity (Wildman–Crippen MR) is 109 cm³/mol. The second kappa shape index (κ2) is 8.81. The molecule has 1 aliphatic heterocycles. The summed E-state index contributed by atoms with van der Waals surface area (Å²) in [5, 5.41) is 3.55. The molecular weight excluding hydrogens is 350 g/mol. The minimum Gasteiger partial charge on any atom is -0.496 e. The van der Waals surface area contributed by atoms with Gasteiger partial charge in [0.15, 0.2) is 11.5 Å². The van der Waals surface area contributed by atoms with E-state index in [1.54, 1.807) is 7.11 Å². The Hall–Kier alpha value is -2.98. The summed E-state index contributed by atoms with van der Waals surface area (Å²) in [6, 6.07) is 25.5. The highest BCUT2D eigenvalue weighted by Crippen LogP contribution is 2.39. The van der Waals surface area contributed by atoms with Crippen LogP contribution in [0, 0.1) is 6.07 Å². The van der Waals surface area contributed by atoms with E-state index >= 15 is 0 Å². The van der Waals surface area contributed by atoms with Crippen LogP contribution in [-0.2, 0) is 6.54 Å². The normalized spacial score (nSPS) is 13.3. The van der Waals surface area contributed by atoms with E-state index < -0.39 is 0 Å². The van der Waals surface area contributed by atoms with Crippen LogP contribution in [0.2, 0.25) is 0 Å². The van der Waals surface area contributed by atoms with Gasteiger partial charge in [-0.3, -0.25) is 0 Å². The third-order valence-electron chi connectivity index (χ3n) is 5.04. The minimum absolute atomic E-state index is 0.197. The van der Waals surface area contributed by atoms with Crippen LogP contribution in [0.3, 0.4) is 0 Å². The maximum absolute atomic E-state index is 5.64. The molecule has 4 heteroatoms. The standard InChI is InChI=1S/C24H24NO3/c1-26-22-10-6-5-9-21(22)20(13-14-25-16-18-7-3-2-4-8-18)19-11-12-23-24(15-19)28-17-27-23/h3-12,15,20,25H,13-14,16-17H2,1H3. The zero-order chi connectivity index (χ0) is 19.2. The van der Waals surface area contributed by atoms with Gasteiger partial charge in [0, 0.05) is 18.0 Å². The third-order valence-corrected chi connectivity index (χ3v) is 5.04. The van der Waals surface area contributed by atoms with Crippen LogP contribution in [0.1, 0.15) is 29.0 Å². The third kappa shape index (κ3) is 4.12. The second-order valence-corrected chi connectivity index (χ2v) is 6.78. The van der Waals surface area contributed by atoms with Gasteiger partial charge in [0.1, 0.15) is 5.75 Å². The van der Waals surface area contributed by atoms with Gasteiger partial charge in [0.25, 0.3) is 0 Å². The summed E-state index contributed by atoms with van der Waals surface area (Å²) < 4.78 is 16.7. The Kier molecular flexibility index (Phi) is 5.78. The van der Waals surface area contributed by atoms with Gasteiger partial charge >= 0.3 is 0 Å². The van der Waals surface area contributed by atoms with Crippen molar-refractivity contribution in [1.29, 1.82) is 0 Å². The van der Waals surface area contributed by atoms with Gasteiger partial charge in [-0.25, -0.2) is 0 Å². The lowest BCUT2D eigenvalue weighted by atomic mass is 9.87. The number of nitrogens with one attached hydrogen (secondary N) is 1. The molecular formula is C24H24NO3. The van der Waals surface area contributed by atoms with Crippen molar-refractivity contribution in [3.05, 3.63) is 89.5 Å². The molecule has 0 aliphatic carbocycles. The molecule has 143 valence electrons. The highest BCUT2D eigenvalue weighted by molar-refractivity contribution is 5.49. The summed E-state index contributed by atoms with van der Waals surface area (Å²) in [6.07, 6.45) is 0.943. The quantitative estimate of drug-likeness (QED) is 0.588. The molecule has 0 saturated carbocycles. The van der Waals surface area contributed by atoms with Crippen molar-refractivity contribution in [1.82, 2.24) is 5.32 Å². The Morgan fingerprint density at radius 2 is 1.86 bits per heavy atom. The molecule has 1 N–H and O–H groups in total. The first-order chi connectivity index (χ1) is 13.8. The molecule has 0 saturated heterocycles. The van der Waals surface area contributed by atoms with Crippen LogP contribution in [0.5, 0.6) is 17.2 Å². The van der Waals surface area contributed by atoms with Gasteiger partial charge in [-0.05, 0) is 48.4 Å². The molecule has 0 amide bonds. The van der Waals surface area contributed by atoms with Crippen LogP contribution < -0.4 is 19.5 Å². The minimum atomic E-state index is 0.197. The summed E-state index contributed by atoms with van der Waals surface area (Å²) in [5.41, 5.74) is 3.64. The molecule has 1 heterocycles. The SMILES string of the molecule is COc1ccccc1C(CCNCc1cc[c]cc1)c1ccc2c(c1)OCO2. The van der Waals surface area contributed by atoms with E-state index in [0.29, 0.717) is 0 Å². The molecule has 1 radical (unpaired) electrons. The lowest BCUT2D eigenvalue weighted by molar-refractivity contribution is 0.174. The summed E-state index contributed by atoms with van der Waals surface area (Å²) in [6.45, 7) is 2.01. The molecule has 28 heavy (non-hydrogen) atoms. The number of hydrogen-bond acceptors (Lipinski definition) is 4. The van der Waals surface area contributed by atoms with Gasteiger partial charge in [0.05, 0.1) is 7.11 Å². The summed E-state index contributed by atoms with van der Waals surface area (Å²) >= 11 is 0. The largest absolute Gasteiger partial charge is 0.496 e. The number of rotatable bonds is 8. The topological polar surface area (TPSA) is 39.7 Å². The van der Waals surface area contributed by atoms with Crippen molar-refractivity contribution >= 4 is 0 Å². The van der Waals surface area contributed by atoms with Gasteiger partial charge in [0.2, 0.25) is 6.79 Å². The fourth-order valence-corrected chi connectivity index (χ4v) is 3.60. The Labute approximate surface area is 166 Å². The van der Waals surface area contributed by atoms with Gasteiger partial charge in [-0.1, -0.05) is 48.5 Å². The van der Waals surface area contributed by atoms with Crippen molar-refractivity contribution in [2.24, 2.45) is 0 Å². The molecule has 3 aromatic rings. The molecule has 1 unspecified atom stereocenters. The zero-order valence-corrected chi connectivity index (χ0v) is 16.0. The van der Waals surface area contributed by atoms with Crippen molar-refractivity contribution in [2.75, 3.05) is 20.4 Å². The summed E-state index contributed by atoms with van der Waals surface area (Å²) in [5.74, 6) is 2.72. The molecule has 4 nitrogen and oxygen atoms in total. The van der Waals surface area contributed by atoms with Crippen LogP contribution in [0.15, 0.2) is 66.7 Å². The monoisotopic (exact) mass is 374 g/mol. The Morgan fingerprint density at radius 3 is 2.71 bits per heavy atom. The van der Waals surface area contributed by atoms with E-state index in [1.165, 1.54) is 16.7 Å². The molecule has 3 aromatic carbocycles. The average molecular weight is 374 g/mol. The van der Waals surface area contributed by atoms with E-state index in [2.05, 4.69) is 47.8 Å². The summed E-state index contributed by atoms with van der Waals surface area (Å²) in [7, 11) is 1.72. The number of ether oxygens (including phenoxy) is 3. The molecule has 0 fully saturated rings. The number of methoxy groups -OCH3 is 1. The molecule has 0 aromatic heterocycles. The molecule has 1 aliphatic rings. The first kappa shape index (κ1) is 18.4. The fourth-order valence-electron chi connectivity index (χ4n) is 3.60. The van der Waals surface area contributed by atoms with Crippen molar-refractivity contribution in [2.45, 2.75) is 18.9 Å². The first-order valence-corrected chi connectivity index (χ1v) is 9.53. The lowest BCUT2D eigenvalue weighted by Crippen LogP contribution is -2.18. The van der Waals surface area contributed by atoms with E-state index in [0.717, 1.165) is 36.8 Å². The fraction of sp³-hybridized carbons (Fsp3) is 0.250. The van der Waals surface area contributed by atoms with E-state index in [4.69, 9.17) is 14.2 Å². The Bertz CT molecular complexity index is 911. The van der Waals surface area contributed by atoms with E-state index in [-0.39, 0.29) is 12.7 Å². The maximum Gasteiger partial charge on any atom is 0.231 e. The highest BCUT2D eigenvalue weighted by atomic mass is 16.7. The maximum atomic E-state index is 5.64. The first-order valence-electron chi connectivity index (χ1n) is 9.53. The number of benzene rings is 3. The average Bonchev–Trinajstić information content (AvgIpc) is 3.22. The van der Waals surface area contributed by atoms with Crippen LogP contribution in [-0.4, -0.2) is 20.4 Å². The number of fused-ring (bicyclic) bond motifs is 1. The van der Waals surface area contributed by atoms with Crippen molar-refractivity contribution in [3.8, 4) is 17.2 Å². The lowest BCUT2D eigenvalue weighted by Gasteiger charge is -2.21. The van der Waals surface area contributed by atoms with E-state index in [1.807, 2.05) is 30.3 Å². The van der Waals surface area contributed by atoms with Gasteiger partial charge in [-0.2, -0.15) is 0 Å². The predicted octanol–water partition coefficient (Wildman–Crippen LogP) is 4.54. The molecule has 0 spiro atoms. The van der Waals surface area contributed by atoms with Crippen molar-refractivity contribution in [3.63, 3.8) is 0 Å². The number of hydrogen-bond donors (Lipinski definition) is 1. The van der Waals surface area contributed by atoms with Crippen LogP contribution >= 0.6 is 0 Å². The zero-order valence-electron chi connectivity index (χ0n) is 16.0. The summed E-state index contributed by atoms with van der Waals surface area (Å²) in [4.78, 5) is 0. The second-order valence-electron chi connectivity index (χ2n) is 6.78. The van der Waals surface area contributed by atoms with E-state index in [9.17, 15) is 0 Å². The highest BCUT2D eigenvalue weighted by Gasteiger charge is 2.21.